The van der Waals surface area contributed by atoms with E-state index in [1.165, 1.54) is 4.90 Å². The zero-order valence-electron chi connectivity index (χ0n) is 15.2. The van der Waals surface area contributed by atoms with E-state index in [1.807, 2.05) is 0 Å². The molecule has 10 heteroatoms. The molecule has 0 bridgehead atoms. The number of carbonyl (C=O) groups excluding carboxylic acids is 4. The van der Waals surface area contributed by atoms with Gasteiger partial charge in [0.2, 0.25) is 5.91 Å². The third kappa shape index (κ3) is 7.33. The number of carbonyl (C=O) groups is 4. The number of aromatic nitrogens is 1. The van der Waals surface area contributed by atoms with E-state index in [-0.39, 0.29) is 18.9 Å². The molecule has 1 aromatic rings. The summed E-state index contributed by atoms with van der Waals surface area (Å²) in [5.74, 6) is -1.62. The molecule has 27 heavy (non-hydrogen) atoms. The Kier molecular flexibility index (Phi) is 8.18. The van der Waals surface area contributed by atoms with Gasteiger partial charge in [-0.3, -0.25) is 24.5 Å². The first kappa shape index (κ1) is 20.8. The Bertz CT molecular complexity index is 690. The Hall–Kier alpha value is -2.49. The van der Waals surface area contributed by atoms with E-state index < -0.39 is 24.5 Å². The highest BCUT2D eigenvalue weighted by molar-refractivity contribution is 7.13. The second-order valence-corrected chi connectivity index (χ2v) is 6.82. The number of hydrogen-bond donors (Lipinski definition) is 1. The fourth-order valence-corrected chi connectivity index (χ4v) is 3.24. The largest absolute Gasteiger partial charge is 0.466 e. The molecule has 148 valence electrons. The minimum Gasteiger partial charge on any atom is -0.466 e. The quantitative estimate of drug-likeness (QED) is 0.654. The molecule has 1 aromatic heterocycles. The molecule has 0 aromatic carbocycles. The average Bonchev–Trinajstić information content (AvgIpc) is 2.94. The first-order valence-corrected chi connectivity index (χ1v) is 9.69. The van der Waals surface area contributed by atoms with E-state index >= 15 is 0 Å². The number of hydrogen-bond acceptors (Lipinski definition) is 8. The molecule has 0 saturated carbocycles. The maximum atomic E-state index is 11.9. The van der Waals surface area contributed by atoms with Crippen LogP contribution in [0.2, 0.25) is 0 Å². The molecule has 2 heterocycles. The Morgan fingerprint density at radius 3 is 2.81 bits per heavy atom. The van der Waals surface area contributed by atoms with E-state index in [4.69, 9.17) is 9.47 Å². The smallest absolute Gasteiger partial charge is 0.326 e. The molecule has 1 aliphatic rings. The third-order valence-electron chi connectivity index (χ3n) is 3.78. The van der Waals surface area contributed by atoms with Gasteiger partial charge in [-0.15, -0.1) is 11.3 Å². The fourth-order valence-electron chi connectivity index (χ4n) is 2.51. The molecule has 1 aliphatic heterocycles. The van der Waals surface area contributed by atoms with Crippen LogP contribution in [0.3, 0.4) is 0 Å². The number of anilines is 1. The van der Waals surface area contributed by atoms with Crippen molar-refractivity contribution in [1.82, 2.24) is 9.88 Å². The summed E-state index contributed by atoms with van der Waals surface area (Å²) in [5.41, 5.74) is 0.491. The van der Waals surface area contributed by atoms with Gasteiger partial charge in [0.15, 0.2) is 11.7 Å². The minimum atomic E-state index is -0.623. The lowest BCUT2D eigenvalue weighted by Crippen LogP contribution is -2.36. The van der Waals surface area contributed by atoms with Crippen LogP contribution in [-0.2, 0) is 35.1 Å². The maximum absolute atomic E-state index is 11.9. The zero-order chi connectivity index (χ0) is 19.6. The number of ether oxygens (including phenoxy) is 2. The van der Waals surface area contributed by atoms with Gasteiger partial charge in [-0.05, 0) is 19.8 Å². The number of likely N-dealkylation sites (tertiary alicyclic amines) is 1. The summed E-state index contributed by atoms with van der Waals surface area (Å²) in [7, 11) is 0. The number of esters is 2. The van der Waals surface area contributed by atoms with E-state index in [9.17, 15) is 19.2 Å². The van der Waals surface area contributed by atoms with Crippen LogP contribution in [-0.4, -0.2) is 59.9 Å². The summed E-state index contributed by atoms with van der Waals surface area (Å²) >= 11 is 1.16. The molecular weight excluding hydrogens is 374 g/mol. The molecule has 0 aliphatic carbocycles. The summed E-state index contributed by atoms with van der Waals surface area (Å²) < 4.78 is 9.76. The van der Waals surface area contributed by atoms with E-state index in [1.54, 1.807) is 12.3 Å². The topological polar surface area (TPSA) is 115 Å². The highest BCUT2D eigenvalue weighted by Gasteiger charge is 2.20. The van der Waals surface area contributed by atoms with Crippen LogP contribution < -0.4 is 5.32 Å². The van der Waals surface area contributed by atoms with Gasteiger partial charge in [-0.1, -0.05) is 6.42 Å². The Balaban J connectivity index is 1.72. The van der Waals surface area contributed by atoms with Crippen molar-refractivity contribution in [3.63, 3.8) is 0 Å². The van der Waals surface area contributed by atoms with Crippen molar-refractivity contribution < 1.29 is 28.7 Å². The average molecular weight is 397 g/mol. The first-order valence-electron chi connectivity index (χ1n) is 8.81. The molecule has 0 unspecified atom stereocenters. The lowest BCUT2D eigenvalue weighted by Gasteiger charge is -2.19. The normalized spacial score (nSPS) is 14.4. The van der Waals surface area contributed by atoms with Crippen LogP contribution >= 0.6 is 11.3 Å². The predicted octanol–water partition coefficient (Wildman–Crippen LogP) is 1.13. The number of rotatable bonds is 8. The molecular formula is C17H23N3O6S. The first-order chi connectivity index (χ1) is 13.0. The Morgan fingerprint density at radius 2 is 2.04 bits per heavy atom. The summed E-state index contributed by atoms with van der Waals surface area (Å²) in [6.45, 7) is 1.93. The number of nitrogens with zero attached hydrogens (tertiary/aromatic N) is 2. The van der Waals surface area contributed by atoms with Crippen molar-refractivity contribution in [2.24, 2.45) is 0 Å². The molecule has 2 amide bonds. The van der Waals surface area contributed by atoms with Gasteiger partial charge in [0, 0.05) is 18.3 Å². The van der Waals surface area contributed by atoms with E-state index in [2.05, 4.69) is 10.3 Å². The van der Waals surface area contributed by atoms with Gasteiger partial charge in [-0.2, -0.15) is 0 Å². The van der Waals surface area contributed by atoms with Crippen molar-refractivity contribution in [3.05, 3.63) is 11.1 Å². The van der Waals surface area contributed by atoms with Crippen molar-refractivity contribution in [2.75, 3.05) is 31.6 Å². The highest BCUT2D eigenvalue weighted by atomic mass is 32.1. The van der Waals surface area contributed by atoms with Gasteiger partial charge in [0.1, 0.15) is 6.54 Å². The monoisotopic (exact) mass is 397 g/mol. The molecule has 9 nitrogen and oxygen atoms in total. The molecule has 2 rings (SSSR count). The third-order valence-corrected chi connectivity index (χ3v) is 4.59. The van der Waals surface area contributed by atoms with E-state index in [0.29, 0.717) is 30.4 Å². The van der Waals surface area contributed by atoms with Crippen molar-refractivity contribution in [1.29, 1.82) is 0 Å². The molecule has 1 saturated heterocycles. The summed E-state index contributed by atoms with van der Waals surface area (Å²) in [4.78, 5) is 52.5. The van der Waals surface area contributed by atoms with Gasteiger partial charge < -0.3 is 14.4 Å². The van der Waals surface area contributed by atoms with Crippen LogP contribution in [0.1, 0.15) is 38.3 Å². The van der Waals surface area contributed by atoms with E-state index in [0.717, 1.165) is 30.6 Å². The Morgan fingerprint density at radius 1 is 1.22 bits per heavy atom. The van der Waals surface area contributed by atoms with Crippen LogP contribution in [0.15, 0.2) is 5.38 Å². The molecule has 1 fully saturated rings. The van der Waals surface area contributed by atoms with Crippen LogP contribution in [0.4, 0.5) is 5.13 Å². The zero-order valence-corrected chi connectivity index (χ0v) is 16.0. The van der Waals surface area contributed by atoms with Crippen molar-refractivity contribution >= 4 is 40.2 Å². The molecule has 0 atom stereocenters. The SMILES string of the molecule is CCOC(=O)Cc1csc(NC(=O)COC(=O)CN2CCCCCC2=O)n1. The lowest BCUT2D eigenvalue weighted by atomic mass is 10.2. The van der Waals surface area contributed by atoms with Crippen molar-refractivity contribution in [3.8, 4) is 0 Å². The van der Waals surface area contributed by atoms with Crippen LogP contribution in [0.5, 0.6) is 0 Å². The molecule has 1 N–H and O–H groups in total. The van der Waals surface area contributed by atoms with Crippen LogP contribution in [0, 0.1) is 0 Å². The summed E-state index contributed by atoms with van der Waals surface area (Å²) in [5, 5.41) is 4.45. The fraction of sp³-hybridized carbons (Fsp3) is 0.588. The van der Waals surface area contributed by atoms with Gasteiger partial charge >= 0.3 is 11.9 Å². The van der Waals surface area contributed by atoms with Gasteiger partial charge in [0.25, 0.3) is 5.91 Å². The number of amides is 2. The maximum Gasteiger partial charge on any atom is 0.326 e. The van der Waals surface area contributed by atoms with Gasteiger partial charge in [-0.25, -0.2) is 4.98 Å². The lowest BCUT2D eigenvalue weighted by molar-refractivity contribution is -0.151. The van der Waals surface area contributed by atoms with Gasteiger partial charge in [0.05, 0.1) is 18.7 Å². The number of thiazole rings is 1. The predicted molar refractivity (Wildman–Crippen MR) is 97.1 cm³/mol. The molecule has 0 spiro atoms. The second-order valence-electron chi connectivity index (χ2n) is 5.96. The standard InChI is InChI=1S/C17H23N3O6S/c1-2-25-15(23)8-12-11-27-17(18-12)19-13(21)10-26-16(24)9-20-7-5-3-4-6-14(20)22/h11H,2-10H2,1H3,(H,18,19,21). The van der Waals surface area contributed by atoms with Crippen molar-refractivity contribution in [2.45, 2.75) is 39.0 Å². The minimum absolute atomic E-state index is 0.0268. The highest BCUT2D eigenvalue weighted by Crippen LogP contribution is 2.16. The number of nitrogens with one attached hydrogen (secondary N) is 1. The second kappa shape index (κ2) is 10.6. The summed E-state index contributed by atoms with van der Waals surface area (Å²) in [6.07, 6.45) is 3.12. The van der Waals surface area contributed by atoms with Crippen LogP contribution in [0.25, 0.3) is 0 Å². The Labute approximate surface area is 161 Å². The molecule has 0 radical (unpaired) electrons. The summed E-state index contributed by atoms with van der Waals surface area (Å²) in [6, 6.07) is 0.